The minimum Gasteiger partial charge on any atom is -0.336 e. The van der Waals surface area contributed by atoms with E-state index in [4.69, 9.17) is 0 Å². The molecule has 1 atom stereocenters. The van der Waals surface area contributed by atoms with Crippen molar-refractivity contribution in [3.05, 3.63) is 90.0 Å². The molecule has 0 aliphatic carbocycles. The van der Waals surface area contributed by atoms with Crippen LogP contribution in [0.5, 0.6) is 0 Å². The van der Waals surface area contributed by atoms with E-state index < -0.39 is 5.82 Å². The SMILES string of the molecule is N#CC(c1ccccc1)N1CCN(C(=O)c2ccc(-n3cccc3)c(F)c2)CC1. The fourth-order valence-corrected chi connectivity index (χ4v) is 3.71. The monoisotopic (exact) mass is 388 g/mol. The molecule has 146 valence electrons. The summed E-state index contributed by atoms with van der Waals surface area (Å²) in [5, 5.41) is 9.60. The summed E-state index contributed by atoms with van der Waals surface area (Å²) in [5.41, 5.74) is 1.71. The van der Waals surface area contributed by atoms with Crippen LogP contribution in [0.15, 0.2) is 73.1 Å². The number of benzene rings is 2. The van der Waals surface area contributed by atoms with Crippen LogP contribution in [0.4, 0.5) is 4.39 Å². The van der Waals surface area contributed by atoms with Gasteiger partial charge in [-0.15, -0.1) is 0 Å². The van der Waals surface area contributed by atoms with Crippen LogP contribution in [0.1, 0.15) is 22.0 Å². The van der Waals surface area contributed by atoms with Gasteiger partial charge in [0.15, 0.2) is 0 Å². The van der Waals surface area contributed by atoms with Crippen LogP contribution >= 0.6 is 0 Å². The van der Waals surface area contributed by atoms with E-state index in [2.05, 4.69) is 11.0 Å². The van der Waals surface area contributed by atoms with Crippen molar-refractivity contribution in [1.29, 1.82) is 5.26 Å². The fourth-order valence-electron chi connectivity index (χ4n) is 3.71. The normalized spacial score (nSPS) is 15.7. The Balaban J connectivity index is 1.43. The summed E-state index contributed by atoms with van der Waals surface area (Å²) in [6.45, 7) is 2.21. The topological polar surface area (TPSA) is 52.3 Å². The van der Waals surface area contributed by atoms with Crippen LogP contribution in [0.2, 0.25) is 0 Å². The Hall–Kier alpha value is -3.43. The molecule has 2 heterocycles. The standard InChI is InChI=1S/C23H21FN4O/c24-20-16-19(8-9-21(20)26-10-4-5-11-26)23(29)28-14-12-27(13-15-28)22(17-25)18-6-2-1-3-7-18/h1-11,16,22H,12-15H2. The molecule has 1 aromatic heterocycles. The van der Waals surface area contributed by atoms with Crippen LogP contribution in [-0.2, 0) is 0 Å². The van der Waals surface area contributed by atoms with Crippen LogP contribution < -0.4 is 0 Å². The molecule has 0 saturated carbocycles. The number of nitrogens with zero attached hydrogens (tertiary/aromatic N) is 4. The summed E-state index contributed by atoms with van der Waals surface area (Å²) in [4.78, 5) is 16.6. The number of rotatable bonds is 4. The van der Waals surface area contributed by atoms with Crippen molar-refractivity contribution < 1.29 is 9.18 Å². The first-order chi connectivity index (χ1) is 14.2. The van der Waals surface area contributed by atoms with Crippen molar-refractivity contribution in [2.24, 2.45) is 0 Å². The molecule has 0 N–H and O–H groups in total. The third kappa shape index (κ3) is 3.91. The molecule has 4 rings (SSSR count). The number of nitriles is 1. The number of aromatic nitrogens is 1. The average Bonchev–Trinajstić information content (AvgIpc) is 3.29. The van der Waals surface area contributed by atoms with E-state index in [1.54, 1.807) is 34.0 Å². The molecular formula is C23H21FN4O. The lowest BCUT2D eigenvalue weighted by molar-refractivity contribution is 0.0606. The molecule has 0 spiro atoms. The number of amides is 1. The molecular weight excluding hydrogens is 367 g/mol. The molecule has 0 bridgehead atoms. The molecule has 0 radical (unpaired) electrons. The van der Waals surface area contributed by atoms with Gasteiger partial charge < -0.3 is 9.47 Å². The first-order valence-electron chi connectivity index (χ1n) is 9.58. The first-order valence-corrected chi connectivity index (χ1v) is 9.58. The molecule has 3 aromatic rings. The molecule has 29 heavy (non-hydrogen) atoms. The van der Waals surface area contributed by atoms with Gasteiger partial charge >= 0.3 is 0 Å². The Kier molecular flexibility index (Phi) is 5.41. The van der Waals surface area contributed by atoms with E-state index in [0.29, 0.717) is 37.4 Å². The van der Waals surface area contributed by atoms with Gasteiger partial charge in [-0.25, -0.2) is 4.39 Å². The summed E-state index contributed by atoms with van der Waals surface area (Å²) in [7, 11) is 0. The van der Waals surface area contributed by atoms with Crippen molar-refractivity contribution in [3.8, 4) is 11.8 Å². The maximum Gasteiger partial charge on any atom is 0.254 e. The van der Waals surface area contributed by atoms with E-state index in [1.165, 1.54) is 6.07 Å². The van der Waals surface area contributed by atoms with Gasteiger partial charge in [0.1, 0.15) is 11.9 Å². The van der Waals surface area contributed by atoms with E-state index in [0.717, 1.165) is 5.56 Å². The van der Waals surface area contributed by atoms with Gasteiger partial charge in [0.25, 0.3) is 5.91 Å². The Labute approximate surface area is 169 Å². The van der Waals surface area contributed by atoms with E-state index in [9.17, 15) is 14.4 Å². The molecule has 1 aliphatic heterocycles. The maximum atomic E-state index is 14.5. The zero-order valence-corrected chi connectivity index (χ0v) is 15.9. The highest BCUT2D eigenvalue weighted by molar-refractivity contribution is 5.94. The van der Waals surface area contributed by atoms with Gasteiger partial charge in [-0.2, -0.15) is 5.26 Å². The highest BCUT2D eigenvalue weighted by Crippen LogP contribution is 2.22. The lowest BCUT2D eigenvalue weighted by Crippen LogP contribution is -2.49. The number of halogens is 1. The van der Waals surface area contributed by atoms with Gasteiger partial charge in [-0.1, -0.05) is 30.3 Å². The van der Waals surface area contributed by atoms with Gasteiger partial charge in [0, 0.05) is 44.1 Å². The third-order valence-corrected chi connectivity index (χ3v) is 5.28. The molecule has 1 amide bonds. The lowest BCUT2D eigenvalue weighted by atomic mass is 10.1. The summed E-state index contributed by atoms with van der Waals surface area (Å²) >= 11 is 0. The van der Waals surface area contributed by atoms with Crippen molar-refractivity contribution in [2.75, 3.05) is 26.2 Å². The van der Waals surface area contributed by atoms with Crippen LogP contribution in [0, 0.1) is 17.1 Å². The van der Waals surface area contributed by atoms with Crippen molar-refractivity contribution in [3.63, 3.8) is 0 Å². The Bertz CT molecular complexity index is 1020. The molecule has 1 saturated heterocycles. The predicted octanol–water partition coefficient (Wildman–Crippen LogP) is 3.64. The molecule has 1 fully saturated rings. The van der Waals surface area contributed by atoms with Gasteiger partial charge in [0.05, 0.1) is 11.8 Å². The second kappa shape index (κ2) is 8.29. The minimum absolute atomic E-state index is 0.184. The zero-order valence-electron chi connectivity index (χ0n) is 15.9. The summed E-state index contributed by atoms with van der Waals surface area (Å²) < 4.78 is 16.2. The number of hydrogen-bond acceptors (Lipinski definition) is 3. The quantitative estimate of drug-likeness (QED) is 0.686. The smallest absolute Gasteiger partial charge is 0.254 e. The highest BCUT2D eigenvalue weighted by Gasteiger charge is 2.27. The van der Waals surface area contributed by atoms with Crippen molar-refractivity contribution in [2.45, 2.75) is 6.04 Å². The average molecular weight is 388 g/mol. The molecule has 5 nitrogen and oxygen atoms in total. The second-order valence-corrected chi connectivity index (χ2v) is 7.03. The van der Waals surface area contributed by atoms with Crippen molar-refractivity contribution in [1.82, 2.24) is 14.4 Å². The van der Waals surface area contributed by atoms with E-state index in [1.807, 2.05) is 42.5 Å². The zero-order chi connectivity index (χ0) is 20.2. The Morgan fingerprint density at radius 2 is 1.66 bits per heavy atom. The molecule has 1 aliphatic rings. The molecule has 6 heteroatoms. The minimum atomic E-state index is -0.431. The van der Waals surface area contributed by atoms with Crippen LogP contribution in [0.25, 0.3) is 5.69 Å². The summed E-state index contributed by atoms with van der Waals surface area (Å²) in [5.74, 6) is -0.616. The van der Waals surface area contributed by atoms with Crippen LogP contribution in [-0.4, -0.2) is 46.5 Å². The first kappa shape index (κ1) is 18.9. The number of hydrogen-bond donors (Lipinski definition) is 0. The molecule has 2 aromatic carbocycles. The Morgan fingerprint density at radius 1 is 0.966 bits per heavy atom. The summed E-state index contributed by atoms with van der Waals surface area (Å²) in [6, 6.07) is 19.9. The number of carbonyl (C=O) groups is 1. The number of piperazine rings is 1. The van der Waals surface area contributed by atoms with Gasteiger partial charge in [0.2, 0.25) is 0 Å². The maximum absolute atomic E-state index is 14.5. The lowest BCUT2D eigenvalue weighted by Gasteiger charge is -2.37. The second-order valence-electron chi connectivity index (χ2n) is 7.03. The molecule has 1 unspecified atom stereocenters. The van der Waals surface area contributed by atoms with Crippen molar-refractivity contribution >= 4 is 5.91 Å². The predicted molar refractivity (Wildman–Crippen MR) is 108 cm³/mol. The van der Waals surface area contributed by atoms with Gasteiger partial charge in [-0.05, 0) is 35.9 Å². The fraction of sp³-hybridized carbons (Fsp3) is 0.217. The highest BCUT2D eigenvalue weighted by atomic mass is 19.1. The third-order valence-electron chi connectivity index (χ3n) is 5.28. The largest absolute Gasteiger partial charge is 0.336 e. The Morgan fingerprint density at radius 3 is 2.28 bits per heavy atom. The number of carbonyl (C=O) groups excluding carboxylic acids is 1. The summed E-state index contributed by atoms with van der Waals surface area (Å²) in [6.07, 6.45) is 3.52. The van der Waals surface area contributed by atoms with Gasteiger partial charge in [-0.3, -0.25) is 9.69 Å². The van der Waals surface area contributed by atoms with E-state index in [-0.39, 0.29) is 11.9 Å². The van der Waals surface area contributed by atoms with E-state index >= 15 is 0 Å². The van der Waals surface area contributed by atoms with Crippen LogP contribution in [0.3, 0.4) is 0 Å².